The largest absolute Gasteiger partial charge is 0.465 e. The summed E-state index contributed by atoms with van der Waals surface area (Å²) in [7, 11) is 0. The number of rotatable bonds is 7. The zero-order valence-electron chi connectivity index (χ0n) is 17.2. The highest BCUT2D eigenvalue weighted by Crippen LogP contribution is 2.42. The van der Waals surface area contributed by atoms with Gasteiger partial charge in [0.2, 0.25) is 0 Å². The first-order chi connectivity index (χ1) is 12.8. The van der Waals surface area contributed by atoms with Crippen LogP contribution in [0.4, 0.5) is 0 Å². The van der Waals surface area contributed by atoms with Gasteiger partial charge in [0.1, 0.15) is 0 Å². The van der Waals surface area contributed by atoms with Gasteiger partial charge in [-0.2, -0.15) is 0 Å². The van der Waals surface area contributed by atoms with E-state index in [-0.39, 0.29) is 11.9 Å². The Bertz CT molecular complexity index is 396. The molecule has 0 atom stereocenters. The summed E-state index contributed by atoms with van der Waals surface area (Å²) in [4.78, 5) is 12.4. The normalized spacial score (nSPS) is 33.7. The first kappa shape index (κ1) is 20.2. The van der Waals surface area contributed by atoms with E-state index < -0.39 is 0 Å². The Morgan fingerprint density at radius 2 is 1.38 bits per heavy atom. The van der Waals surface area contributed by atoms with Crippen molar-refractivity contribution in [3.8, 4) is 0 Å². The van der Waals surface area contributed by atoms with E-state index in [4.69, 9.17) is 4.74 Å². The molecule has 3 rings (SSSR count). The van der Waals surface area contributed by atoms with Crippen molar-refractivity contribution in [3.63, 3.8) is 0 Å². The molecular weight excluding hydrogens is 320 g/mol. The van der Waals surface area contributed by atoms with Crippen LogP contribution in [-0.4, -0.2) is 12.6 Å². The van der Waals surface area contributed by atoms with E-state index in [1.165, 1.54) is 89.9 Å². The number of ether oxygens (including phenoxy) is 1. The van der Waals surface area contributed by atoms with Crippen molar-refractivity contribution in [2.24, 2.45) is 29.6 Å². The fourth-order valence-corrected chi connectivity index (χ4v) is 5.94. The molecule has 2 nitrogen and oxygen atoms in total. The summed E-state index contributed by atoms with van der Waals surface area (Å²) >= 11 is 0. The zero-order chi connectivity index (χ0) is 18.2. The van der Waals surface area contributed by atoms with E-state index >= 15 is 0 Å². The maximum atomic E-state index is 12.4. The van der Waals surface area contributed by atoms with Crippen LogP contribution in [0.15, 0.2) is 0 Å². The second-order valence-corrected chi connectivity index (χ2v) is 9.67. The number of hydrogen-bond acceptors (Lipinski definition) is 2. The molecule has 0 unspecified atom stereocenters. The molecular formula is C24H42O2. The number of esters is 1. The molecule has 0 aromatic rings. The molecule has 0 radical (unpaired) electrons. The van der Waals surface area contributed by atoms with Crippen LogP contribution in [0, 0.1) is 29.6 Å². The number of unbranched alkanes of at least 4 members (excludes halogenated alkanes) is 1. The first-order valence-electron chi connectivity index (χ1n) is 11.9. The highest BCUT2D eigenvalue weighted by Gasteiger charge is 2.33. The Balaban J connectivity index is 1.32. The van der Waals surface area contributed by atoms with Crippen molar-refractivity contribution < 1.29 is 9.53 Å². The number of carbonyl (C=O) groups excluding carboxylic acids is 1. The molecule has 0 heterocycles. The van der Waals surface area contributed by atoms with Crippen LogP contribution in [0.5, 0.6) is 0 Å². The molecule has 0 bridgehead atoms. The van der Waals surface area contributed by atoms with E-state index in [2.05, 4.69) is 6.92 Å². The molecule has 2 heteroatoms. The maximum Gasteiger partial charge on any atom is 0.308 e. The molecule has 26 heavy (non-hydrogen) atoms. The lowest BCUT2D eigenvalue weighted by molar-refractivity contribution is -0.151. The van der Waals surface area contributed by atoms with E-state index in [0.29, 0.717) is 12.5 Å². The van der Waals surface area contributed by atoms with E-state index in [0.717, 1.165) is 30.6 Å². The lowest BCUT2D eigenvalue weighted by Gasteiger charge is -2.37. The molecule has 0 aliphatic heterocycles. The van der Waals surface area contributed by atoms with Crippen LogP contribution in [-0.2, 0) is 9.53 Å². The van der Waals surface area contributed by atoms with Crippen LogP contribution in [0.25, 0.3) is 0 Å². The Morgan fingerprint density at radius 1 is 0.769 bits per heavy atom. The summed E-state index contributed by atoms with van der Waals surface area (Å²) in [5, 5.41) is 0. The van der Waals surface area contributed by atoms with Crippen LogP contribution in [0.1, 0.15) is 110 Å². The number of hydrogen-bond donors (Lipinski definition) is 0. The van der Waals surface area contributed by atoms with E-state index in [1.807, 2.05) is 0 Å². The van der Waals surface area contributed by atoms with Crippen LogP contribution in [0.3, 0.4) is 0 Å². The van der Waals surface area contributed by atoms with Crippen molar-refractivity contribution in [2.75, 3.05) is 6.61 Å². The van der Waals surface area contributed by atoms with Gasteiger partial charge in [0.25, 0.3) is 0 Å². The van der Waals surface area contributed by atoms with Gasteiger partial charge in [-0.3, -0.25) is 4.79 Å². The van der Waals surface area contributed by atoms with E-state index in [1.54, 1.807) is 0 Å². The smallest absolute Gasteiger partial charge is 0.308 e. The van der Waals surface area contributed by atoms with Crippen molar-refractivity contribution in [1.82, 2.24) is 0 Å². The average Bonchev–Trinajstić information content (AvgIpc) is 2.72. The van der Waals surface area contributed by atoms with Gasteiger partial charge in [0.05, 0.1) is 12.5 Å². The fraction of sp³-hybridized carbons (Fsp3) is 0.958. The quantitative estimate of drug-likeness (QED) is 0.460. The Labute approximate surface area is 161 Å². The summed E-state index contributed by atoms with van der Waals surface area (Å²) in [6, 6.07) is 0. The molecule has 3 fully saturated rings. The molecule has 0 spiro atoms. The average molecular weight is 363 g/mol. The molecule has 150 valence electrons. The first-order valence-corrected chi connectivity index (χ1v) is 11.9. The van der Waals surface area contributed by atoms with Gasteiger partial charge in [-0.1, -0.05) is 58.3 Å². The molecule has 0 amide bonds. The van der Waals surface area contributed by atoms with Gasteiger partial charge in [0.15, 0.2) is 0 Å². The van der Waals surface area contributed by atoms with Gasteiger partial charge >= 0.3 is 5.97 Å². The summed E-state index contributed by atoms with van der Waals surface area (Å²) in [5.74, 6) is 3.83. The van der Waals surface area contributed by atoms with Gasteiger partial charge in [-0.25, -0.2) is 0 Å². The van der Waals surface area contributed by atoms with Crippen LogP contribution < -0.4 is 0 Å². The molecule has 3 aliphatic carbocycles. The summed E-state index contributed by atoms with van der Waals surface area (Å²) in [6.07, 6.45) is 21.3. The minimum absolute atomic E-state index is 0.122. The van der Waals surface area contributed by atoms with Crippen molar-refractivity contribution in [1.29, 1.82) is 0 Å². The number of carbonyl (C=O) groups is 1. The summed E-state index contributed by atoms with van der Waals surface area (Å²) < 4.78 is 5.71. The standard InChI is InChI=1S/C24H42O2/c1-2-3-7-19-10-12-21(13-11-19)22-14-16-23(17-15-22)24(25)26-18-20-8-5-4-6-9-20/h19-23H,2-18H2,1H3. The molecule has 3 aliphatic rings. The van der Waals surface area contributed by atoms with Crippen LogP contribution >= 0.6 is 0 Å². The summed E-state index contributed by atoms with van der Waals surface area (Å²) in [6.45, 7) is 3.00. The third kappa shape index (κ3) is 5.99. The minimum atomic E-state index is 0.122. The van der Waals surface area contributed by atoms with Gasteiger partial charge in [-0.05, 0) is 75.0 Å². The minimum Gasteiger partial charge on any atom is -0.465 e. The zero-order valence-corrected chi connectivity index (χ0v) is 17.2. The predicted molar refractivity (Wildman–Crippen MR) is 108 cm³/mol. The van der Waals surface area contributed by atoms with Gasteiger partial charge < -0.3 is 4.74 Å². The molecule has 0 saturated heterocycles. The second-order valence-electron chi connectivity index (χ2n) is 9.67. The van der Waals surface area contributed by atoms with Crippen molar-refractivity contribution in [3.05, 3.63) is 0 Å². The Morgan fingerprint density at radius 3 is 2.00 bits per heavy atom. The third-order valence-corrected chi connectivity index (χ3v) is 7.82. The molecule has 0 aromatic carbocycles. The molecule has 0 aromatic heterocycles. The monoisotopic (exact) mass is 362 g/mol. The Kier molecular flexibility index (Phi) is 8.33. The topological polar surface area (TPSA) is 26.3 Å². The SMILES string of the molecule is CCCCC1CCC(C2CCC(C(=O)OCC3CCCCC3)CC2)CC1. The predicted octanol–water partition coefficient (Wildman–Crippen LogP) is 6.91. The van der Waals surface area contributed by atoms with Gasteiger partial charge in [-0.15, -0.1) is 0 Å². The highest BCUT2D eigenvalue weighted by atomic mass is 16.5. The van der Waals surface area contributed by atoms with E-state index in [9.17, 15) is 4.79 Å². The van der Waals surface area contributed by atoms with Gasteiger partial charge in [0, 0.05) is 0 Å². The van der Waals surface area contributed by atoms with Crippen LogP contribution in [0.2, 0.25) is 0 Å². The lowest BCUT2D eigenvalue weighted by Crippen LogP contribution is -2.30. The molecule has 3 saturated carbocycles. The second kappa shape index (κ2) is 10.7. The lowest BCUT2D eigenvalue weighted by atomic mass is 9.68. The third-order valence-electron chi connectivity index (χ3n) is 7.82. The summed E-state index contributed by atoms with van der Waals surface area (Å²) in [5.41, 5.74) is 0. The molecule has 0 N–H and O–H groups in total. The highest BCUT2D eigenvalue weighted by molar-refractivity contribution is 5.72. The maximum absolute atomic E-state index is 12.4. The fourth-order valence-electron chi connectivity index (χ4n) is 5.94. The Hall–Kier alpha value is -0.530. The van der Waals surface area contributed by atoms with Crippen molar-refractivity contribution >= 4 is 5.97 Å². The van der Waals surface area contributed by atoms with Crippen molar-refractivity contribution in [2.45, 2.75) is 110 Å².